The summed E-state index contributed by atoms with van der Waals surface area (Å²) in [6.45, 7) is 3.36. The number of hydrogen-bond donors (Lipinski definition) is 2. The number of hydrogen-bond acceptors (Lipinski definition) is 3. The maximum absolute atomic E-state index is 13.6. The van der Waals surface area contributed by atoms with Gasteiger partial charge in [0.15, 0.2) is 0 Å². The Hall–Kier alpha value is -1.91. The molecule has 0 aliphatic carbocycles. The van der Waals surface area contributed by atoms with Gasteiger partial charge >= 0.3 is 5.97 Å². The number of carboxylic acids is 1. The summed E-state index contributed by atoms with van der Waals surface area (Å²) in [6.07, 6.45) is 5.53. The molecule has 0 saturated carbocycles. The molecular weight excluding hydrogens is 297 g/mol. The number of benzene rings is 1. The van der Waals surface area contributed by atoms with Gasteiger partial charge in [-0.15, -0.1) is 6.42 Å². The highest BCUT2D eigenvalue weighted by molar-refractivity contribution is 7.89. The van der Waals surface area contributed by atoms with Crippen LogP contribution in [0.2, 0.25) is 0 Å². The topological polar surface area (TPSA) is 83.5 Å². The molecule has 0 aromatic heterocycles. The van der Waals surface area contributed by atoms with Gasteiger partial charge in [-0.3, -0.25) is 4.79 Å². The van der Waals surface area contributed by atoms with Gasteiger partial charge in [0.25, 0.3) is 0 Å². The van der Waals surface area contributed by atoms with Crippen LogP contribution in [0, 0.1) is 24.1 Å². The van der Waals surface area contributed by atoms with E-state index in [0.29, 0.717) is 6.42 Å². The van der Waals surface area contributed by atoms with Gasteiger partial charge in [-0.25, -0.2) is 12.8 Å². The molecule has 0 amide bonds. The second-order valence-electron chi connectivity index (χ2n) is 4.61. The average Bonchev–Trinajstić information content (AvgIpc) is 2.43. The van der Waals surface area contributed by atoms with Gasteiger partial charge in [0.2, 0.25) is 10.0 Å². The minimum Gasteiger partial charge on any atom is -0.480 e. The van der Waals surface area contributed by atoms with Crippen molar-refractivity contribution in [1.29, 1.82) is 0 Å². The molecule has 0 aliphatic rings. The van der Waals surface area contributed by atoms with E-state index in [1.54, 1.807) is 13.8 Å². The lowest BCUT2D eigenvalue weighted by Crippen LogP contribution is -2.44. The van der Waals surface area contributed by atoms with Gasteiger partial charge in [-0.2, -0.15) is 4.72 Å². The lowest BCUT2D eigenvalue weighted by Gasteiger charge is -2.20. The number of aliphatic carboxylic acids is 1. The van der Waals surface area contributed by atoms with Gasteiger partial charge in [-0.05, 0) is 24.1 Å². The monoisotopic (exact) mass is 313 g/mol. The minimum absolute atomic E-state index is 0.0642. The van der Waals surface area contributed by atoms with Crippen LogP contribution in [0.4, 0.5) is 4.39 Å². The van der Waals surface area contributed by atoms with Gasteiger partial charge in [0, 0.05) is 0 Å². The number of halogens is 1. The fourth-order valence-corrected chi connectivity index (χ4v) is 2.97. The zero-order valence-electron chi connectivity index (χ0n) is 11.6. The Morgan fingerprint density at radius 1 is 1.52 bits per heavy atom. The maximum Gasteiger partial charge on any atom is 0.322 e. The summed E-state index contributed by atoms with van der Waals surface area (Å²) in [7, 11) is -4.15. The molecule has 1 aromatic rings. The first-order valence-corrected chi connectivity index (χ1v) is 7.72. The Bertz CT molecular complexity index is 679. The van der Waals surface area contributed by atoms with Crippen molar-refractivity contribution in [3.05, 3.63) is 29.6 Å². The highest BCUT2D eigenvalue weighted by Crippen LogP contribution is 2.17. The molecular formula is C14H16FNO4S. The number of carboxylic acid groups (broad SMARTS) is 1. The summed E-state index contributed by atoms with van der Waals surface area (Å²) in [5, 5.41) is 9.09. The summed E-state index contributed by atoms with van der Waals surface area (Å²) in [5.74, 6) is -0.469. The fourth-order valence-electron chi connectivity index (χ4n) is 1.66. The molecule has 0 aliphatic heterocycles. The highest BCUT2D eigenvalue weighted by Gasteiger charge is 2.29. The Morgan fingerprint density at radius 2 is 2.14 bits per heavy atom. The molecule has 0 saturated heterocycles. The zero-order chi connectivity index (χ0) is 16.2. The van der Waals surface area contributed by atoms with Crippen LogP contribution in [0.5, 0.6) is 0 Å². The van der Waals surface area contributed by atoms with Gasteiger partial charge in [0.1, 0.15) is 11.9 Å². The van der Waals surface area contributed by atoms with E-state index in [4.69, 9.17) is 11.5 Å². The largest absolute Gasteiger partial charge is 0.480 e. The van der Waals surface area contributed by atoms with Crippen molar-refractivity contribution in [2.24, 2.45) is 5.92 Å². The van der Waals surface area contributed by atoms with E-state index < -0.39 is 33.8 Å². The number of carbonyl (C=O) groups is 1. The number of sulfonamides is 1. The van der Waals surface area contributed by atoms with Crippen molar-refractivity contribution in [3.8, 4) is 12.3 Å². The number of terminal acetylenes is 1. The van der Waals surface area contributed by atoms with Crippen LogP contribution in [-0.2, 0) is 14.8 Å². The SMILES string of the molecule is C#Cc1ccc(S(=O)(=O)NC(C(=O)O)C(C)CC)cc1F. The Morgan fingerprint density at radius 3 is 2.57 bits per heavy atom. The predicted octanol–water partition coefficient (Wildman–Crippen LogP) is 1.58. The summed E-state index contributed by atoms with van der Waals surface area (Å²) in [4.78, 5) is 10.8. The van der Waals surface area contributed by atoms with Gasteiger partial charge in [0.05, 0.1) is 10.5 Å². The molecule has 1 aromatic carbocycles. The fraction of sp³-hybridized carbons (Fsp3) is 0.357. The van der Waals surface area contributed by atoms with Crippen LogP contribution >= 0.6 is 0 Å². The van der Waals surface area contributed by atoms with E-state index in [0.717, 1.165) is 18.2 Å². The van der Waals surface area contributed by atoms with Crippen molar-refractivity contribution in [2.45, 2.75) is 31.2 Å². The number of nitrogens with one attached hydrogen (secondary N) is 1. The molecule has 5 nitrogen and oxygen atoms in total. The first-order chi connectivity index (χ1) is 9.72. The van der Waals surface area contributed by atoms with Crippen LogP contribution in [0.3, 0.4) is 0 Å². The number of rotatable bonds is 6. The highest BCUT2D eigenvalue weighted by atomic mass is 32.2. The summed E-state index contributed by atoms with van der Waals surface area (Å²) < 4.78 is 39.9. The molecule has 2 unspecified atom stereocenters. The summed E-state index contributed by atoms with van der Waals surface area (Å²) in [5.41, 5.74) is -0.0642. The van der Waals surface area contributed by atoms with Crippen molar-refractivity contribution >= 4 is 16.0 Å². The third-order valence-corrected chi connectivity index (χ3v) is 4.61. The first-order valence-electron chi connectivity index (χ1n) is 6.24. The van der Waals surface area contributed by atoms with E-state index in [1.807, 2.05) is 0 Å². The van der Waals surface area contributed by atoms with Gasteiger partial charge < -0.3 is 5.11 Å². The molecule has 0 heterocycles. The molecule has 2 N–H and O–H groups in total. The van der Waals surface area contributed by atoms with Gasteiger partial charge in [-0.1, -0.05) is 26.2 Å². The lowest BCUT2D eigenvalue weighted by molar-refractivity contribution is -0.140. The lowest BCUT2D eigenvalue weighted by atomic mass is 10.0. The molecule has 0 bridgehead atoms. The normalized spacial score (nSPS) is 14.2. The van der Waals surface area contributed by atoms with E-state index in [9.17, 15) is 17.6 Å². The van der Waals surface area contributed by atoms with Crippen molar-refractivity contribution in [2.75, 3.05) is 0 Å². The molecule has 114 valence electrons. The van der Waals surface area contributed by atoms with Crippen molar-refractivity contribution in [3.63, 3.8) is 0 Å². The van der Waals surface area contributed by atoms with Crippen LogP contribution in [0.1, 0.15) is 25.8 Å². The third kappa shape index (κ3) is 4.03. The molecule has 7 heteroatoms. The van der Waals surface area contributed by atoms with Crippen molar-refractivity contribution < 1.29 is 22.7 Å². The van der Waals surface area contributed by atoms with Crippen LogP contribution in [0.15, 0.2) is 23.1 Å². The quantitative estimate of drug-likeness (QED) is 0.781. The second kappa shape index (κ2) is 6.70. The minimum atomic E-state index is -4.15. The van der Waals surface area contributed by atoms with Crippen molar-refractivity contribution in [1.82, 2.24) is 4.72 Å². The van der Waals surface area contributed by atoms with E-state index in [1.165, 1.54) is 0 Å². The molecule has 0 spiro atoms. The molecule has 0 radical (unpaired) electrons. The van der Waals surface area contributed by atoms with Crippen LogP contribution < -0.4 is 4.72 Å². The van der Waals surface area contributed by atoms with E-state index in [2.05, 4.69) is 10.6 Å². The van der Waals surface area contributed by atoms with E-state index in [-0.39, 0.29) is 10.5 Å². The molecule has 1 rings (SSSR count). The van der Waals surface area contributed by atoms with Crippen LogP contribution in [-0.4, -0.2) is 25.5 Å². The first kappa shape index (κ1) is 17.1. The molecule has 0 fully saturated rings. The summed E-state index contributed by atoms with van der Waals surface area (Å²) >= 11 is 0. The predicted molar refractivity (Wildman–Crippen MR) is 75.5 cm³/mol. The Labute approximate surface area is 123 Å². The van der Waals surface area contributed by atoms with E-state index >= 15 is 0 Å². The molecule has 2 atom stereocenters. The zero-order valence-corrected chi connectivity index (χ0v) is 12.4. The average molecular weight is 313 g/mol. The molecule has 21 heavy (non-hydrogen) atoms. The second-order valence-corrected chi connectivity index (χ2v) is 6.32. The van der Waals surface area contributed by atoms with Crippen LogP contribution in [0.25, 0.3) is 0 Å². The Kier molecular flexibility index (Phi) is 5.47. The smallest absolute Gasteiger partial charge is 0.322 e. The standard InChI is InChI=1S/C14H16FNO4S/c1-4-9(3)13(14(17)18)16-21(19,20)11-7-6-10(5-2)12(15)8-11/h2,6-9,13,16H,4H2,1,3H3,(H,17,18). The summed E-state index contributed by atoms with van der Waals surface area (Å²) in [6, 6.07) is 1.78. The Balaban J connectivity index is 3.14. The maximum atomic E-state index is 13.6. The third-order valence-electron chi connectivity index (χ3n) is 3.17.